The van der Waals surface area contributed by atoms with Crippen molar-refractivity contribution in [2.45, 2.75) is 6.92 Å². The molecule has 1 N–H and O–H groups in total. The summed E-state index contributed by atoms with van der Waals surface area (Å²) < 4.78 is 1.13. The number of carbonyl (C=O) groups excluding carboxylic acids is 2. The first-order valence-corrected chi connectivity index (χ1v) is 10.9. The van der Waals surface area contributed by atoms with E-state index in [1.807, 2.05) is 0 Å². The van der Waals surface area contributed by atoms with E-state index >= 15 is 0 Å². The van der Waals surface area contributed by atoms with E-state index in [9.17, 15) is 19.2 Å². The Morgan fingerprint density at radius 2 is 1.91 bits per heavy atom. The zero-order valence-electron chi connectivity index (χ0n) is 17.0. The molecule has 33 heavy (non-hydrogen) atoms. The van der Waals surface area contributed by atoms with Crippen molar-refractivity contribution in [3.8, 4) is 0 Å². The molecule has 0 spiro atoms. The number of aromatic nitrogens is 3. The number of carbonyl (C=O) groups is 2. The van der Waals surface area contributed by atoms with E-state index in [2.05, 4.69) is 15.4 Å². The highest BCUT2D eigenvalue weighted by Gasteiger charge is 2.35. The second kappa shape index (κ2) is 7.91. The number of fused-ring (bicyclic) bond motifs is 2. The van der Waals surface area contributed by atoms with Crippen LogP contribution >= 0.6 is 22.9 Å². The largest absolute Gasteiger partial charge is 0.324 e. The Labute approximate surface area is 194 Å². The van der Waals surface area contributed by atoms with Crippen molar-refractivity contribution in [3.63, 3.8) is 0 Å². The molecule has 0 aliphatic carbocycles. The fourth-order valence-electron chi connectivity index (χ4n) is 3.60. The molecule has 0 atom stereocenters. The standard InChI is InChI=1S/C22H14ClN5O4S/c1-11-19(30)25-22-28(26-11)21(32)18(33-22)17-14-7-2-3-8-15(14)27(20(17)31)10-16(29)24-13-6-4-5-12(23)9-13/h2-9H,10H2,1H3,(H,24,29). The SMILES string of the molecule is Cc1nn2c(=O)c(=C3C(=O)N(CC(=O)Nc4cccc(Cl)c4)c4ccccc43)sc2nc1=O. The maximum Gasteiger partial charge on any atom is 0.295 e. The van der Waals surface area contributed by atoms with Crippen molar-refractivity contribution in [3.05, 3.63) is 90.1 Å². The van der Waals surface area contributed by atoms with Crippen LogP contribution in [-0.2, 0) is 9.59 Å². The summed E-state index contributed by atoms with van der Waals surface area (Å²) in [5.74, 6) is -0.926. The van der Waals surface area contributed by atoms with Gasteiger partial charge in [-0.1, -0.05) is 47.2 Å². The number of nitrogens with zero attached hydrogens (tertiary/aromatic N) is 4. The third-order valence-corrected chi connectivity index (χ3v) is 6.34. The monoisotopic (exact) mass is 479 g/mol. The lowest BCUT2D eigenvalue weighted by atomic mass is 10.1. The molecule has 4 aromatic rings. The number of para-hydroxylation sites is 1. The Hall–Kier alpha value is -3.89. The molecule has 0 fully saturated rings. The van der Waals surface area contributed by atoms with Crippen LogP contribution in [0.5, 0.6) is 0 Å². The van der Waals surface area contributed by atoms with Crippen LogP contribution in [0.25, 0.3) is 10.5 Å². The lowest BCUT2D eigenvalue weighted by Gasteiger charge is -2.16. The highest BCUT2D eigenvalue weighted by molar-refractivity contribution is 7.15. The summed E-state index contributed by atoms with van der Waals surface area (Å²) in [6.07, 6.45) is 0. The molecule has 9 nitrogen and oxygen atoms in total. The minimum atomic E-state index is -0.547. The molecular formula is C22H14ClN5O4S. The van der Waals surface area contributed by atoms with Gasteiger partial charge in [0.15, 0.2) is 0 Å². The van der Waals surface area contributed by atoms with Crippen molar-refractivity contribution < 1.29 is 9.59 Å². The lowest BCUT2D eigenvalue weighted by Crippen LogP contribution is -2.37. The molecule has 164 valence electrons. The van der Waals surface area contributed by atoms with Crippen LogP contribution in [0.15, 0.2) is 58.1 Å². The third-order valence-electron chi connectivity index (χ3n) is 5.08. The normalized spacial score (nSPS) is 14.6. The number of amides is 2. The lowest BCUT2D eigenvalue weighted by molar-refractivity contribution is -0.118. The number of benzene rings is 2. The molecule has 11 heteroatoms. The average Bonchev–Trinajstić information content (AvgIpc) is 3.22. The number of thiazole rings is 1. The molecule has 0 saturated carbocycles. The number of rotatable bonds is 3. The highest BCUT2D eigenvalue weighted by atomic mass is 35.5. The molecule has 3 heterocycles. The fourth-order valence-corrected chi connectivity index (χ4v) is 4.79. The zero-order chi connectivity index (χ0) is 23.3. The molecule has 2 aromatic carbocycles. The van der Waals surface area contributed by atoms with Crippen LogP contribution in [0.3, 0.4) is 0 Å². The summed E-state index contributed by atoms with van der Waals surface area (Å²) in [6.45, 7) is 1.19. The Balaban J connectivity index is 1.59. The molecule has 0 bridgehead atoms. The van der Waals surface area contributed by atoms with Gasteiger partial charge in [0, 0.05) is 16.3 Å². The molecule has 0 unspecified atom stereocenters. The summed E-state index contributed by atoms with van der Waals surface area (Å²) in [5, 5.41) is 7.18. The molecule has 1 aliphatic heterocycles. The maximum absolute atomic E-state index is 13.4. The van der Waals surface area contributed by atoms with Crippen LogP contribution in [0.1, 0.15) is 11.3 Å². The predicted octanol–water partition coefficient (Wildman–Crippen LogP) is 1.38. The molecule has 0 saturated heterocycles. The van der Waals surface area contributed by atoms with Gasteiger partial charge in [0.05, 0.1) is 11.3 Å². The van der Waals surface area contributed by atoms with E-state index in [0.717, 1.165) is 15.9 Å². The van der Waals surface area contributed by atoms with Gasteiger partial charge in [-0.05, 0) is 31.2 Å². The third kappa shape index (κ3) is 3.59. The van der Waals surface area contributed by atoms with Gasteiger partial charge in [0.1, 0.15) is 16.8 Å². The average molecular weight is 480 g/mol. The maximum atomic E-state index is 13.4. The first kappa shape index (κ1) is 21.0. The first-order valence-electron chi connectivity index (χ1n) is 9.75. The van der Waals surface area contributed by atoms with E-state index in [-0.39, 0.29) is 27.3 Å². The first-order chi connectivity index (χ1) is 15.8. The van der Waals surface area contributed by atoms with Crippen molar-refractivity contribution in [2.24, 2.45) is 0 Å². The molecule has 0 radical (unpaired) electrons. The van der Waals surface area contributed by atoms with E-state index < -0.39 is 22.9 Å². The Kier molecular flexibility index (Phi) is 5.03. The van der Waals surface area contributed by atoms with Crippen molar-refractivity contribution in [1.82, 2.24) is 14.6 Å². The van der Waals surface area contributed by atoms with Gasteiger partial charge in [-0.3, -0.25) is 24.1 Å². The summed E-state index contributed by atoms with van der Waals surface area (Å²) in [5.41, 5.74) is 0.660. The number of aryl methyl sites for hydroxylation is 1. The van der Waals surface area contributed by atoms with E-state index in [0.29, 0.717) is 22.0 Å². The fraction of sp³-hybridized carbons (Fsp3) is 0.0909. The molecule has 5 rings (SSSR count). The van der Waals surface area contributed by atoms with Gasteiger partial charge in [0.25, 0.3) is 17.0 Å². The summed E-state index contributed by atoms with van der Waals surface area (Å²) in [7, 11) is 0. The quantitative estimate of drug-likeness (QED) is 0.475. The van der Waals surface area contributed by atoms with Crippen molar-refractivity contribution >= 4 is 56.7 Å². The summed E-state index contributed by atoms with van der Waals surface area (Å²) in [4.78, 5) is 56.3. The minimum absolute atomic E-state index is 0.0800. The Bertz CT molecular complexity index is 1640. The van der Waals surface area contributed by atoms with Gasteiger partial charge >= 0.3 is 0 Å². The van der Waals surface area contributed by atoms with Crippen LogP contribution in [0.4, 0.5) is 11.4 Å². The van der Waals surface area contributed by atoms with Crippen LogP contribution < -0.4 is 25.9 Å². The highest BCUT2D eigenvalue weighted by Crippen LogP contribution is 2.35. The van der Waals surface area contributed by atoms with Crippen LogP contribution in [0, 0.1) is 6.92 Å². The number of hydrogen-bond acceptors (Lipinski definition) is 7. The summed E-state index contributed by atoms with van der Waals surface area (Å²) in [6, 6.07) is 13.6. The van der Waals surface area contributed by atoms with E-state index in [1.165, 1.54) is 11.8 Å². The second-order valence-corrected chi connectivity index (χ2v) is 8.69. The van der Waals surface area contributed by atoms with E-state index in [1.54, 1.807) is 48.5 Å². The number of nitrogens with one attached hydrogen (secondary N) is 1. The van der Waals surface area contributed by atoms with Crippen molar-refractivity contribution in [2.75, 3.05) is 16.8 Å². The number of hydrogen-bond donors (Lipinski definition) is 1. The molecule has 2 aromatic heterocycles. The van der Waals surface area contributed by atoms with Gasteiger partial charge < -0.3 is 5.32 Å². The molecule has 2 amide bonds. The van der Waals surface area contributed by atoms with Gasteiger partial charge in [-0.2, -0.15) is 14.6 Å². The Morgan fingerprint density at radius 3 is 2.70 bits per heavy atom. The predicted molar refractivity (Wildman–Crippen MR) is 125 cm³/mol. The summed E-state index contributed by atoms with van der Waals surface area (Å²) >= 11 is 6.88. The van der Waals surface area contributed by atoms with Crippen LogP contribution in [-0.4, -0.2) is 33.0 Å². The van der Waals surface area contributed by atoms with Crippen LogP contribution in [0.2, 0.25) is 5.02 Å². The smallest absolute Gasteiger partial charge is 0.295 e. The number of halogens is 1. The van der Waals surface area contributed by atoms with Gasteiger partial charge in [-0.25, -0.2) is 0 Å². The second-order valence-electron chi connectivity index (χ2n) is 7.28. The van der Waals surface area contributed by atoms with E-state index in [4.69, 9.17) is 11.6 Å². The molecular weight excluding hydrogens is 466 g/mol. The topological polar surface area (TPSA) is 114 Å². The minimum Gasteiger partial charge on any atom is -0.324 e. The van der Waals surface area contributed by atoms with Gasteiger partial charge in [0.2, 0.25) is 10.9 Å². The number of anilines is 2. The zero-order valence-corrected chi connectivity index (χ0v) is 18.6. The Morgan fingerprint density at radius 1 is 1.12 bits per heavy atom. The van der Waals surface area contributed by atoms with Crippen molar-refractivity contribution in [1.29, 1.82) is 0 Å². The van der Waals surface area contributed by atoms with Gasteiger partial charge in [-0.15, -0.1) is 0 Å². The molecule has 1 aliphatic rings.